The highest BCUT2D eigenvalue weighted by Gasteiger charge is 2.47. The predicted molar refractivity (Wildman–Crippen MR) is 48.5 cm³/mol. The molecule has 0 rings (SSSR count). The normalized spacial score (nSPS) is 16.7. The molecule has 13 heavy (non-hydrogen) atoms. The van der Waals surface area contributed by atoms with Crippen molar-refractivity contribution >= 4 is 15.9 Å². The molecule has 0 amide bonds. The van der Waals surface area contributed by atoms with Gasteiger partial charge in [-0.05, 0) is 12.0 Å². The highest BCUT2D eigenvalue weighted by molar-refractivity contribution is 7.88. The fraction of sp³-hybridized carbons (Fsp3) is 0.571. The van der Waals surface area contributed by atoms with Crippen molar-refractivity contribution in [3.05, 3.63) is 12.7 Å². The van der Waals surface area contributed by atoms with Crippen LogP contribution in [0.2, 0.25) is 0 Å². The summed E-state index contributed by atoms with van der Waals surface area (Å²) in [5, 5.41) is 0. The first-order valence-corrected chi connectivity index (χ1v) is 5.04. The molecule has 0 saturated heterocycles. The van der Waals surface area contributed by atoms with Gasteiger partial charge >= 0.3 is 0 Å². The zero-order valence-electron chi connectivity index (χ0n) is 7.52. The topological polar surface area (TPSA) is 97.5 Å². The zero-order chi connectivity index (χ0) is 10.9. The Morgan fingerprint density at radius 1 is 1.62 bits per heavy atom. The van der Waals surface area contributed by atoms with Crippen molar-refractivity contribution in [3.8, 4) is 0 Å². The van der Waals surface area contributed by atoms with Crippen LogP contribution in [0, 0.1) is 5.92 Å². The molecule has 0 saturated carbocycles. The van der Waals surface area contributed by atoms with Crippen molar-refractivity contribution in [1.82, 2.24) is 0 Å². The second kappa shape index (κ2) is 3.57. The molecule has 5 nitrogen and oxygen atoms in total. The van der Waals surface area contributed by atoms with Crippen LogP contribution in [-0.2, 0) is 14.9 Å². The maximum Gasteiger partial charge on any atom is 0.291 e. The minimum atomic E-state index is -4.62. The van der Waals surface area contributed by atoms with E-state index in [-0.39, 0.29) is 0 Å². The minimum absolute atomic E-state index is 0.729. The van der Waals surface area contributed by atoms with Gasteiger partial charge in [-0.1, -0.05) is 20.4 Å². The molecule has 0 heterocycles. The first-order chi connectivity index (χ1) is 5.67. The molecule has 1 unspecified atom stereocenters. The molecular formula is C7H13NO4S. The summed E-state index contributed by atoms with van der Waals surface area (Å²) in [7, 11) is -4.62. The van der Waals surface area contributed by atoms with Gasteiger partial charge in [0.1, 0.15) is 0 Å². The molecule has 0 radical (unpaired) electrons. The van der Waals surface area contributed by atoms with Crippen LogP contribution in [-0.4, -0.2) is 23.6 Å². The summed E-state index contributed by atoms with van der Waals surface area (Å²) in [6, 6.07) is 0. The number of nitrogens with two attached hydrogens (primary N) is 1. The summed E-state index contributed by atoms with van der Waals surface area (Å²) in [4.78, 5) is 8.86. The van der Waals surface area contributed by atoms with E-state index in [9.17, 15) is 13.2 Å². The molecule has 76 valence electrons. The Morgan fingerprint density at radius 3 is 2.08 bits per heavy atom. The molecule has 1 atom stereocenters. The summed E-state index contributed by atoms with van der Waals surface area (Å²) in [5.41, 5.74) is 5.31. The maximum absolute atomic E-state index is 11.1. The highest BCUT2D eigenvalue weighted by Crippen LogP contribution is 2.21. The number of rotatable bonds is 4. The van der Waals surface area contributed by atoms with Gasteiger partial charge in [-0.15, -0.1) is 0 Å². The van der Waals surface area contributed by atoms with Crippen molar-refractivity contribution in [3.63, 3.8) is 0 Å². The maximum atomic E-state index is 11.1. The van der Waals surface area contributed by atoms with Crippen LogP contribution in [0.4, 0.5) is 0 Å². The van der Waals surface area contributed by atoms with Crippen LogP contribution in [0.3, 0.4) is 0 Å². The molecule has 0 aliphatic carbocycles. The van der Waals surface area contributed by atoms with E-state index >= 15 is 0 Å². The standard InChI is InChI=1S/C7H13NO4S/c1-4-6(9)7(8,5(2)3)13(10,11)12/h4-5H,1,8H2,2-3H3,(H,10,11,12). The van der Waals surface area contributed by atoms with Crippen LogP contribution < -0.4 is 5.73 Å². The van der Waals surface area contributed by atoms with E-state index in [4.69, 9.17) is 10.3 Å². The Hall–Kier alpha value is -0.720. The van der Waals surface area contributed by atoms with Gasteiger partial charge in [-0.2, -0.15) is 8.42 Å². The average molecular weight is 207 g/mol. The van der Waals surface area contributed by atoms with Gasteiger partial charge in [0.15, 0.2) is 5.78 Å². The Bertz CT molecular complexity index is 319. The van der Waals surface area contributed by atoms with Crippen LogP contribution in [0.1, 0.15) is 13.8 Å². The molecular weight excluding hydrogens is 194 g/mol. The molecule has 0 aliphatic heterocycles. The molecule has 0 fully saturated rings. The Balaban J connectivity index is 5.47. The Morgan fingerprint density at radius 2 is 2.00 bits per heavy atom. The van der Waals surface area contributed by atoms with E-state index in [2.05, 4.69) is 6.58 Å². The third kappa shape index (κ3) is 1.96. The number of hydrogen-bond donors (Lipinski definition) is 2. The number of carbonyl (C=O) groups is 1. The van der Waals surface area contributed by atoms with E-state index in [0.29, 0.717) is 0 Å². The van der Waals surface area contributed by atoms with Gasteiger partial charge in [0, 0.05) is 0 Å². The summed E-state index contributed by atoms with van der Waals surface area (Å²) in [6.07, 6.45) is 0.785. The molecule has 0 bridgehead atoms. The fourth-order valence-corrected chi connectivity index (χ4v) is 1.80. The second-order valence-electron chi connectivity index (χ2n) is 2.99. The predicted octanol–water partition coefficient (Wildman–Crippen LogP) is -0.0597. The third-order valence-corrected chi connectivity index (χ3v) is 3.38. The van der Waals surface area contributed by atoms with Gasteiger partial charge in [-0.3, -0.25) is 9.35 Å². The van der Waals surface area contributed by atoms with Crippen LogP contribution in [0.5, 0.6) is 0 Å². The molecule has 0 aliphatic rings. The lowest BCUT2D eigenvalue weighted by Crippen LogP contribution is -2.57. The summed E-state index contributed by atoms with van der Waals surface area (Å²) in [5.74, 6) is -1.64. The van der Waals surface area contributed by atoms with E-state index < -0.39 is 26.7 Å². The smallest absolute Gasteiger partial charge is 0.291 e. The van der Waals surface area contributed by atoms with Gasteiger partial charge in [0.2, 0.25) is 4.87 Å². The summed E-state index contributed by atoms with van der Waals surface area (Å²) < 4.78 is 30.5. The number of carbonyl (C=O) groups excluding carboxylic acids is 1. The van der Waals surface area contributed by atoms with Crippen LogP contribution >= 0.6 is 0 Å². The van der Waals surface area contributed by atoms with Crippen molar-refractivity contribution in [1.29, 1.82) is 0 Å². The first kappa shape index (κ1) is 12.3. The summed E-state index contributed by atoms with van der Waals surface area (Å²) in [6.45, 7) is 5.97. The van der Waals surface area contributed by atoms with E-state index in [0.717, 1.165) is 6.08 Å². The first-order valence-electron chi connectivity index (χ1n) is 3.60. The summed E-state index contributed by atoms with van der Waals surface area (Å²) >= 11 is 0. The number of hydrogen-bond acceptors (Lipinski definition) is 4. The number of ketones is 1. The third-order valence-electron chi connectivity index (χ3n) is 1.86. The Kier molecular flexibility index (Phi) is 3.37. The van der Waals surface area contributed by atoms with Crippen LogP contribution in [0.15, 0.2) is 12.7 Å². The van der Waals surface area contributed by atoms with Gasteiger partial charge < -0.3 is 5.73 Å². The van der Waals surface area contributed by atoms with E-state index in [1.807, 2.05) is 0 Å². The fourth-order valence-electron chi connectivity index (χ4n) is 0.869. The van der Waals surface area contributed by atoms with E-state index in [1.54, 1.807) is 0 Å². The van der Waals surface area contributed by atoms with Crippen molar-refractivity contribution in [2.45, 2.75) is 18.7 Å². The molecule has 0 spiro atoms. The zero-order valence-corrected chi connectivity index (χ0v) is 8.34. The highest BCUT2D eigenvalue weighted by atomic mass is 32.2. The Labute approximate surface area is 77.4 Å². The lowest BCUT2D eigenvalue weighted by Gasteiger charge is -2.26. The lowest BCUT2D eigenvalue weighted by atomic mass is 10.0. The molecule has 6 heteroatoms. The second-order valence-corrected chi connectivity index (χ2v) is 4.62. The van der Waals surface area contributed by atoms with E-state index in [1.165, 1.54) is 13.8 Å². The van der Waals surface area contributed by atoms with Crippen molar-refractivity contribution in [2.24, 2.45) is 11.7 Å². The van der Waals surface area contributed by atoms with Gasteiger partial charge in [0.05, 0.1) is 0 Å². The minimum Gasteiger partial charge on any atom is -0.304 e. The monoisotopic (exact) mass is 207 g/mol. The average Bonchev–Trinajstić information content (AvgIpc) is 1.98. The largest absolute Gasteiger partial charge is 0.304 e. The SMILES string of the molecule is C=CC(=O)C(N)(C(C)C)S(=O)(=O)O. The molecule has 0 aromatic heterocycles. The molecule has 3 N–H and O–H groups in total. The quantitative estimate of drug-likeness (QED) is 0.497. The molecule has 0 aromatic rings. The van der Waals surface area contributed by atoms with Crippen molar-refractivity contribution < 1.29 is 17.8 Å². The van der Waals surface area contributed by atoms with Crippen LogP contribution in [0.25, 0.3) is 0 Å². The lowest BCUT2D eigenvalue weighted by molar-refractivity contribution is -0.118. The molecule has 0 aromatic carbocycles. The van der Waals surface area contributed by atoms with Gasteiger partial charge in [0.25, 0.3) is 10.1 Å². The van der Waals surface area contributed by atoms with Crippen molar-refractivity contribution in [2.75, 3.05) is 0 Å². The van der Waals surface area contributed by atoms with Gasteiger partial charge in [-0.25, -0.2) is 0 Å².